The lowest BCUT2D eigenvalue weighted by atomic mass is 10.1. The molecule has 3 N–H and O–H groups in total. The molecule has 18 heavy (non-hydrogen) atoms. The fraction of sp³-hybridized carbons (Fsp3) is 0.364. The Morgan fingerprint density at radius 2 is 1.94 bits per heavy atom. The highest BCUT2D eigenvalue weighted by molar-refractivity contribution is 7.80. The molecule has 0 bridgehead atoms. The fourth-order valence-electron chi connectivity index (χ4n) is 1.39. The van der Waals surface area contributed by atoms with Gasteiger partial charge in [-0.1, -0.05) is 12.1 Å². The van der Waals surface area contributed by atoms with E-state index in [2.05, 4.69) is 10.0 Å². The van der Waals surface area contributed by atoms with Crippen LogP contribution < -0.4 is 10.0 Å². The van der Waals surface area contributed by atoms with Crippen molar-refractivity contribution in [2.75, 3.05) is 17.8 Å². The van der Waals surface area contributed by atoms with Crippen LogP contribution in [0, 0.1) is 0 Å². The number of carboxylic acid groups (broad SMARTS) is 1. The van der Waals surface area contributed by atoms with Crippen LogP contribution in [0.4, 0.5) is 5.69 Å². The van der Waals surface area contributed by atoms with Crippen LogP contribution in [0.1, 0.15) is 12.0 Å². The number of nitrogens with one attached hydrogen (secondary N) is 2. The van der Waals surface area contributed by atoms with Crippen molar-refractivity contribution in [3.63, 3.8) is 0 Å². The summed E-state index contributed by atoms with van der Waals surface area (Å²) in [4.78, 5) is 10.3. The highest BCUT2D eigenvalue weighted by Gasteiger charge is 1.97. The molecule has 6 nitrogen and oxygen atoms in total. The molecule has 0 heterocycles. The molecule has 0 aliphatic rings. The lowest BCUT2D eigenvalue weighted by Crippen LogP contribution is -2.20. The second-order valence-corrected chi connectivity index (χ2v) is 4.35. The first kappa shape index (κ1) is 14.6. The van der Waals surface area contributed by atoms with E-state index in [1.807, 2.05) is 12.1 Å². The third kappa shape index (κ3) is 6.33. The monoisotopic (exact) mass is 271 g/mol. The third-order valence-corrected chi connectivity index (χ3v) is 2.66. The number of aliphatic carboxylic acids is 1. The zero-order chi connectivity index (χ0) is 13.4. The quantitative estimate of drug-likeness (QED) is 0.472. The summed E-state index contributed by atoms with van der Waals surface area (Å²) in [5.74, 6) is -0.816. The number of hydrogen-bond acceptors (Lipinski definition) is 4. The number of carboxylic acids is 1. The molecule has 0 radical (unpaired) electrons. The van der Waals surface area contributed by atoms with Crippen LogP contribution in [0.5, 0.6) is 0 Å². The summed E-state index contributed by atoms with van der Waals surface area (Å²) in [6, 6.07) is 7.02. The zero-order valence-electron chi connectivity index (χ0n) is 9.72. The van der Waals surface area contributed by atoms with Crippen molar-refractivity contribution in [2.24, 2.45) is 0 Å². The number of rotatable bonds is 8. The van der Waals surface area contributed by atoms with E-state index in [-0.39, 0.29) is 6.42 Å². The van der Waals surface area contributed by atoms with Crippen LogP contribution in [-0.2, 0) is 22.5 Å². The largest absolute Gasteiger partial charge is 0.755 e. The Hall–Kier alpha value is -1.44. The number of hydrogen-bond donors (Lipinski definition) is 3. The molecule has 0 aromatic heterocycles. The van der Waals surface area contributed by atoms with Gasteiger partial charge in [0.2, 0.25) is 0 Å². The van der Waals surface area contributed by atoms with Crippen molar-refractivity contribution in [3.8, 4) is 0 Å². The zero-order valence-corrected chi connectivity index (χ0v) is 10.5. The predicted molar refractivity (Wildman–Crippen MR) is 67.8 cm³/mol. The van der Waals surface area contributed by atoms with Gasteiger partial charge in [0.05, 0.1) is 6.42 Å². The van der Waals surface area contributed by atoms with E-state index in [9.17, 15) is 13.6 Å². The SMILES string of the molecule is O=C(O)CCNCCc1ccc(NS(=O)[O-])cc1. The summed E-state index contributed by atoms with van der Waals surface area (Å²) < 4.78 is 23.0. The number of benzene rings is 1. The summed E-state index contributed by atoms with van der Waals surface area (Å²) in [6.45, 7) is 1.14. The van der Waals surface area contributed by atoms with Crippen molar-refractivity contribution in [2.45, 2.75) is 12.8 Å². The van der Waals surface area contributed by atoms with Crippen LogP contribution in [0.25, 0.3) is 0 Å². The molecule has 0 amide bonds. The molecule has 0 spiro atoms. The van der Waals surface area contributed by atoms with Crippen molar-refractivity contribution in [3.05, 3.63) is 29.8 Å². The number of carbonyl (C=O) groups is 1. The first-order valence-corrected chi connectivity index (χ1v) is 6.53. The molecule has 0 saturated heterocycles. The van der Waals surface area contributed by atoms with Crippen LogP contribution in [0.3, 0.4) is 0 Å². The normalized spacial score (nSPS) is 12.1. The third-order valence-electron chi connectivity index (χ3n) is 2.26. The second kappa shape index (κ2) is 7.80. The van der Waals surface area contributed by atoms with E-state index < -0.39 is 17.2 Å². The minimum absolute atomic E-state index is 0.109. The van der Waals surface area contributed by atoms with Crippen LogP contribution in [0.2, 0.25) is 0 Å². The smallest absolute Gasteiger partial charge is 0.304 e. The van der Waals surface area contributed by atoms with E-state index in [4.69, 9.17) is 5.11 Å². The molecule has 0 saturated carbocycles. The second-order valence-electron chi connectivity index (χ2n) is 3.68. The summed E-state index contributed by atoms with van der Waals surface area (Å²) in [5, 5.41) is 11.5. The van der Waals surface area contributed by atoms with Crippen molar-refractivity contribution in [1.29, 1.82) is 0 Å². The van der Waals surface area contributed by atoms with Gasteiger partial charge in [-0.2, -0.15) is 0 Å². The maximum atomic E-state index is 10.4. The Morgan fingerprint density at radius 3 is 2.50 bits per heavy atom. The van der Waals surface area contributed by atoms with Crippen LogP contribution in [0.15, 0.2) is 24.3 Å². The van der Waals surface area contributed by atoms with Gasteiger partial charge in [-0.3, -0.25) is 9.00 Å². The summed E-state index contributed by atoms with van der Waals surface area (Å²) in [7, 11) is 0. The van der Waals surface area contributed by atoms with Crippen molar-refractivity contribution < 1.29 is 18.7 Å². The van der Waals surface area contributed by atoms with Gasteiger partial charge < -0.3 is 19.7 Å². The average Bonchev–Trinajstić information content (AvgIpc) is 2.30. The van der Waals surface area contributed by atoms with Gasteiger partial charge in [0.15, 0.2) is 0 Å². The van der Waals surface area contributed by atoms with Gasteiger partial charge in [0, 0.05) is 23.5 Å². The minimum atomic E-state index is -2.30. The van der Waals surface area contributed by atoms with Gasteiger partial charge in [-0.05, 0) is 30.7 Å². The maximum absolute atomic E-state index is 10.4. The maximum Gasteiger partial charge on any atom is 0.304 e. The van der Waals surface area contributed by atoms with E-state index >= 15 is 0 Å². The standard InChI is InChI=1S/C11H16N2O4S/c14-11(15)6-8-12-7-5-9-1-3-10(4-2-9)13-18(16)17/h1-4,12-13H,5-8H2,(H,14,15)(H,16,17)/p-1. The van der Waals surface area contributed by atoms with Gasteiger partial charge in [-0.25, -0.2) is 0 Å². The van der Waals surface area contributed by atoms with E-state index in [1.54, 1.807) is 12.1 Å². The lowest BCUT2D eigenvalue weighted by Gasteiger charge is -2.09. The Balaban J connectivity index is 2.26. The topological polar surface area (TPSA) is 101 Å². The molecule has 0 aliphatic carbocycles. The van der Waals surface area contributed by atoms with Gasteiger partial charge in [0.25, 0.3) is 0 Å². The molecule has 7 heteroatoms. The van der Waals surface area contributed by atoms with Crippen molar-refractivity contribution in [1.82, 2.24) is 5.32 Å². The molecule has 1 atom stereocenters. The van der Waals surface area contributed by atoms with Gasteiger partial charge >= 0.3 is 5.97 Å². The molecule has 100 valence electrons. The molecular formula is C11H15N2O4S-. The van der Waals surface area contributed by atoms with E-state index in [1.165, 1.54) is 0 Å². The molecule has 1 aromatic carbocycles. The first-order chi connectivity index (χ1) is 8.58. The van der Waals surface area contributed by atoms with Crippen LogP contribution >= 0.6 is 0 Å². The summed E-state index contributed by atoms with van der Waals surface area (Å²) in [6.07, 6.45) is 0.874. The average molecular weight is 271 g/mol. The molecule has 1 aromatic rings. The highest BCUT2D eigenvalue weighted by Crippen LogP contribution is 2.09. The van der Waals surface area contributed by atoms with Crippen LogP contribution in [-0.4, -0.2) is 32.9 Å². The predicted octanol–water partition coefficient (Wildman–Crippen LogP) is 0.499. The van der Waals surface area contributed by atoms with Gasteiger partial charge in [0.1, 0.15) is 0 Å². The van der Waals surface area contributed by atoms with E-state index in [0.717, 1.165) is 12.0 Å². The van der Waals surface area contributed by atoms with E-state index in [0.29, 0.717) is 18.8 Å². The summed E-state index contributed by atoms with van der Waals surface area (Å²) in [5.41, 5.74) is 1.57. The molecule has 1 rings (SSSR count). The Morgan fingerprint density at radius 1 is 1.28 bits per heavy atom. The highest BCUT2D eigenvalue weighted by atomic mass is 32.2. The fourth-order valence-corrected chi connectivity index (χ4v) is 1.72. The summed E-state index contributed by atoms with van der Waals surface area (Å²) >= 11 is -2.30. The minimum Gasteiger partial charge on any atom is -0.755 e. The first-order valence-electron chi connectivity index (χ1n) is 5.45. The van der Waals surface area contributed by atoms with Crippen molar-refractivity contribution >= 4 is 22.9 Å². The molecular weight excluding hydrogens is 256 g/mol. The number of anilines is 1. The lowest BCUT2D eigenvalue weighted by molar-refractivity contribution is -0.136. The molecule has 0 fully saturated rings. The van der Waals surface area contributed by atoms with Gasteiger partial charge in [-0.15, -0.1) is 0 Å². The Labute approximate surface area is 108 Å². The molecule has 0 aliphatic heterocycles. The Bertz CT molecular complexity index is 408. The Kier molecular flexibility index (Phi) is 6.34. The molecule has 1 unspecified atom stereocenters.